The predicted molar refractivity (Wildman–Crippen MR) is 109 cm³/mol. The Morgan fingerprint density at radius 2 is 1.93 bits per heavy atom. The van der Waals surface area contributed by atoms with E-state index in [0.717, 1.165) is 5.56 Å². The van der Waals surface area contributed by atoms with Gasteiger partial charge in [-0.05, 0) is 6.92 Å². The maximum atomic E-state index is 12.7. The Morgan fingerprint density at radius 3 is 2.59 bits per heavy atom. The second kappa shape index (κ2) is 7.67. The molecule has 1 aliphatic rings. The van der Waals surface area contributed by atoms with Crippen molar-refractivity contribution in [2.45, 2.75) is 13.5 Å². The number of rotatable bonds is 3. The van der Waals surface area contributed by atoms with Gasteiger partial charge in [0.1, 0.15) is 16.7 Å². The number of nitrogens with one attached hydrogen (secondary N) is 1. The van der Waals surface area contributed by atoms with Crippen LogP contribution in [0.5, 0.6) is 0 Å². The third-order valence-electron chi connectivity index (χ3n) is 4.95. The summed E-state index contributed by atoms with van der Waals surface area (Å²) >= 11 is 0. The summed E-state index contributed by atoms with van der Waals surface area (Å²) in [5, 5.41) is 16.0. The number of aromatic nitrogens is 4. The fourth-order valence-corrected chi connectivity index (χ4v) is 3.49. The van der Waals surface area contributed by atoms with Crippen LogP contribution in [0.25, 0.3) is 22.3 Å². The minimum atomic E-state index is -0.929. The van der Waals surface area contributed by atoms with Crippen molar-refractivity contribution in [2.24, 2.45) is 0 Å². The summed E-state index contributed by atoms with van der Waals surface area (Å²) in [7, 11) is 0. The average Bonchev–Trinajstić information content (AvgIpc) is 3.13. The summed E-state index contributed by atoms with van der Waals surface area (Å²) in [4.78, 5) is 32.0. The van der Waals surface area contributed by atoms with Gasteiger partial charge in [-0.15, -0.1) is 5.92 Å². The zero-order valence-corrected chi connectivity index (χ0v) is 15.9. The quantitative estimate of drug-likeness (QED) is 0.656. The van der Waals surface area contributed by atoms with E-state index >= 15 is 0 Å². The van der Waals surface area contributed by atoms with Gasteiger partial charge in [-0.1, -0.05) is 36.3 Å². The fourth-order valence-electron chi connectivity index (χ4n) is 3.49. The molecule has 29 heavy (non-hydrogen) atoms. The molecule has 0 saturated carbocycles. The van der Waals surface area contributed by atoms with Crippen LogP contribution >= 0.6 is 0 Å². The first-order chi connectivity index (χ1) is 14.1. The maximum absolute atomic E-state index is 12.7. The van der Waals surface area contributed by atoms with Gasteiger partial charge in [0.25, 0.3) is 5.56 Å². The third kappa shape index (κ3) is 3.40. The number of nitrogens with zero attached hydrogens (tertiary/aromatic N) is 5. The summed E-state index contributed by atoms with van der Waals surface area (Å²) in [6.07, 6.45) is -0.929. The van der Waals surface area contributed by atoms with Gasteiger partial charge in [0.15, 0.2) is 0 Å². The van der Waals surface area contributed by atoms with Crippen molar-refractivity contribution >= 4 is 23.1 Å². The van der Waals surface area contributed by atoms with E-state index in [0.29, 0.717) is 55.4 Å². The van der Waals surface area contributed by atoms with E-state index in [1.807, 2.05) is 35.2 Å². The molecule has 1 aromatic carbocycles. The highest BCUT2D eigenvalue weighted by Gasteiger charge is 2.26. The lowest BCUT2D eigenvalue weighted by molar-refractivity contribution is 0.142. The number of anilines is 1. The van der Waals surface area contributed by atoms with Crippen LogP contribution in [0, 0.1) is 11.8 Å². The van der Waals surface area contributed by atoms with Gasteiger partial charge in [0.2, 0.25) is 5.95 Å². The standard InChI is InChI=1S/C20H20N6O3/c1-2-3-9-26-17-16(15(22-23-18(17)27)14-7-5-4-6-8-14)21-19(26)24-10-12-25(13-11-24)20(28)29/h4-8H,9-13H2,1H3,(H,23,27)(H,28,29). The second-order valence-electron chi connectivity index (χ2n) is 6.65. The summed E-state index contributed by atoms with van der Waals surface area (Å²) in [5.74, 6) is 6.46. The molecular formula is C20H20N6O3. The van der Waals surface area contributed by atoms with Crippen molar-refractivity contribution in [2.75, 3.05) is 31.1 Å². The Balaban J connectivity index is 1.85. The first-order valence-electron chi connectivity index (χ1n) is 9.27. The smallest absolute Gasteiger partial charge is 0.407 e. The molecule has 2 N–H and O–H groups in total. The number of carboxylic acid groups (broad SMARTS) is 1. The van der Waals surface area contributed by atoms with Crippen LogP contribution < -0.4 is 10.5 Å². The van der Waals surface area contributed by atoms with E-state index in [-0.39, 0.29) is 5.56 Å². The molecular weight excluding hydrogens is 372 g/mol. The molecule has 0 aliphatic carbocycles. The zero-order valence-electron chi connectivity index (χ0n) is 15.9. The van der Waals surface area contributed by atoms with Gasteiger partial charge in [-0.25, -0.2) is 14.9 Å². The molecule has 9 nitrogen and oxygen atoms in total. The molecule has 148 valence electrons. The minimum absolute atomic E-state index is 0.308. The van der Waals surface area contributed by atoms with Crippen LogP contribution in [-0.2, 0) is 6.54 Å². The van der Waals surface area contributed by atoms with Crippen molar-refractivity contribution in [1.29, 1.82) is 0 Å². The summed E-state index contributed by atoms with van der Waals surface area (Å²) < 4.78 is 1.79. The van der Waals surface area contributed by atoms with Gasteiger partial charge >= 0.3 is 6.09 Å². The van der Waals surface area contributed by atoms with Crippen LogP contribution in [0.2, 0.25) is 0 Å². The Bertz CT molecular complexity index is 1160. The van der Waals surface area contributed by atoms with Gasteiger partial charge in [0, 0.05) is 31.7 Å². The topological polar surface area (TPSA) is 107 Å². The van der Waals surface area contributed by atoms with E-state index < -0.39 is 6.09 Å². The number of amides is 1. The monoisotopic (exact) mass is 392 g/mol. The first-order valence-corrected chi connectivity index (χ1v) is 9.27. The number of fused-ring (bicyclic) bond motifs is 1. The van der Waals surface area contributed by atoms with Gasteiger partial charge in [-0.2, -0.15) is 5.10 Å². The van der Waals surface area contributed by atoms with Crippen LogP contribution in [0.3, 0.4) is 0 Å². The number of piperazine rings is 1. The number of benzene rings is 1. The molecule has 0 bridgehead atoms. The number of aromatic amines is 1. The molecule has 1 amide bonds. The molecule has 1 saturated heterocycles. The number of hydrogen-bond acceptors (Lipinski definition) is 5. The maximum Gasteiger partial charge on any atom is 0.407 e. The van der Waals surface area contributed by atoms with Crippen molar-refractivity contribution in [3.63, 3.8) is 0 Å². The lowest BCUT2D eigenvalue weighted by Gasteiger charge is -2.33. The number of H-pyrrole nitrogens is 1. The summed E-state index contributed by atoms with van der Waals surface area (Å²) in [5.41, 5.74) is 2.03. The Kier molecular flexibility index (Phi) is 4.91. The molecule has 3 heterocycles. The van der Waals surface area contributed by atoms with E-state index in [4.69, 9.17) is 4.98 Å². The molecule has 1 aliphatic heterocycles. The number of carbonyl (C=O) groups is 1. The Morgan fingerprint density at radius 1 is 1.21 bits per heavy atom. The molecule has 4 rings (SSSR count). The Labute approximate surface area is 166 Å². The highest BCUT2D eigenvalue weighted by molar-refractivity contribution is 5.90. The van der Waals surface area contributed by atoms with E-state index in [9.17, 15) is 14.7 Å². The summed E-state index contributed by atoms with van der Waals surface area (Å²) in [6, 6.07) is 9.54. The highest BCUT2D eigenvalue weighted by atomic mass is 16.4. The third-order valence-corrected chi connectivity index (χ3v) is 4.95. The van der Waals surface area contributed by atoms with Crippen LogP contribution in [0.1, 0.15) is 6.92 Å². The molecule has 9 heteroatoms. The SMILES string of the molecule is CC#CCn1c(N2CCN(C(=O)O)CC2)nc2c(-c3ccccc3)n[nH]c(=O)c21. The molecule has 0 unspecified atom stereocenters. The Hall–Kier alpha value is -3.80. The average molecular weight is 392 g/mol. The van der Waals surface area contributed by atoms with Crippen LogP contribution in [0.4, 0.5) is 10.7 Å². The number of hydrogen-bond donors (Lipinski definition) is 2. The molecule has 2 aromatic heterocycles. The molecule has 3 aromatic rings. The molecule has 0 atom stereocenters. The summed E-state index contributed by atoms with van der Waals surface area (Å²) in [6.45, 7) is 3.77. The van der Waals surface area contributed by atoms with Crippen molar-refractivity contribution in [3.05, 3.63) is 40.7 Å². The van der Waals surface area contributed by atoms with E-state index in [1.54, 1.807) is 11.5 Å². The van der Waals surface area contributed by atoms with Gasteiger partial charge < -0.3 is 14.9 Å². The molecule has 0 radical (unpaired) electrons. The normalized spacial score (nSPS) is 14.0. The number of imidazole rings is 1. The van der Waals surface area contributed by atoms with Crippen molar-refractivity contribution in [3.8, 4) is 23.1 Å². The van der Waals surface area contributed by atoms with Gasteiger partial charge in [-0.3, -0.25) is 9.36 Å². The molecule has 0 spiro atoms. The predicted octanol–water partition coefficient (Wildman–Crippen LogP) is 1.61. The first kappa shape index (κ1) is 18.6. The van der Waals surface area contributed by atoms with E-state index in [2.05, 4.69) is 22.0 Å². The lowest BCUT2D eigenvalue weighted by Crippen LogP contribution is -2.49. The highest BCUT2D eigenvalue weighted by Crippen LogP contribution is 2.28. The van der Waals surface area contributed by atoms with Gasteiger partial charge in [0.05, 0.1) is 6.54 Å². The van der Waals surface area contributed by atoms with E-state index in [1.165, 1.54) is 4.90 Å². The lowest BCUT2D eigenvalue weighted by atomic mass is 10.1. The van der Waals surface area contributed by atoms with Crippen LogP contribution in [0.15, 0.2) is 35.1 Å². The minimum Gasteiger partial charge on any atom is -0.465 e. The molecule has 1 fully saturated rings. The zero-order chi connectivity index (χ0) is 20.4. The largest absolute Gasteiger partial charge is 0.465 e. The van der Waals surface area contributed by atoms with Crippen molar-refractivity contribution < 1.29 is 9.90 Å². The fraction of sp³-hybridized carbons (Fsp3) is 0.300. The van der Waals surface area contributed by atoms with Crippen molar-refractivity contribution in [1.82, 2.24) is 24.6 Å². The second-order valence-corrected chi connectivity index (χ2v) is 6.65. The van der Waals surface area contributed by atoms with Crippen LogP contribution in [-0.4, -0.2) is 62.0 Å².